The molecule has 16 heavy (non-hydrogen) atoms. The van der Waals surface area contributed by atoms with Crippen molar-refractivity contribution in [1.82, 2.24) is 14.9 Å². The van der Waals surface area contributed by atoms with Crippen molar-refractivity contribution >= 4 is 5.91 Å². The third kappa shape index (κ3) is 2.76. The lowest BCUT2D eigenvalue weighted by Crippen LogP contribution is -2.41. The van der Waals surface area contributed by atoms with Crippen LogP contribution >= 0.6 is 0 Å². The van der Waals surface area contributed by atoms with Crippen LogP contribution in [0.5, 0.6) is 0 Å². The van der Waals surface area contributed by atoms with Crippen molar-refractivity contribution in [2.24, 2.45) is 0 Å². The molecule has 0 atom stereocenters. The van der Waals surface area contributed by atoms with Crippen LogP contribution in [0.15, 0.2) is 12.4 Å². The molecule has 1 fully saturated rings. The SMILES string of the molecule is Cc1cnc(CC(=O)N2CCOCC2)nc1. The van der Waals surface area contributed by atoms with Crippen molar-refractivity contribution in [3.8, 4) is 0 Å². The summed E-state index contributed by atoms with van der Waals surface area (Å²) in [6.07, 6.45) is 3.74. The van der Waals surface area contributed by atoms with Crippen LogP contribution in [0.4, 0.5) is 0 Å². The Labute approximate surface area is 94.5 Å². The van der Waals surface area contributed by atoms with E-state index in [0.717, 1.165) is 5.56 Å². The molecule has 0 saturated carbocycles. The molecule has 0 aromatic carbocycles. The summed E-state index contributed by atoms with van der Waals surface area (Å²) >= 11 is 0. The summed E-state index contributed by atoms with van der Waals surface area (Å²) in [5, 5.41) is 0. The first-order valence-electron chi connectivity index (χ1n) is 5.39. The molecule has 1 aromatic heterocycles. The van der Waals surface area contributed by atoms with Crippen LogP contribution in [0.2, 0.25) is 0 Å². The number of aromatic nitrogens is 2. The van der Waals surface area contributed by atoms with Gasteiger partial charge in [0, 0.05) is 25.5 Å². The molecule has 5 heteroatoms. The molecule has 86 valence electrons. The summed E-state index contributed by atoms with van der Waals surface area (Å²) in [5.41, 5.74) is 1.00. The normalized spacial score (nSPS) is 16.2. The maximum atomic E-state index is 11.8. The van der Waals surface area contributed by atoms with Crippen molar-refractivity contribution in [1.29, 1.82) is 0 Å². The monoisotopic (exact) mass is 221 g/mol. The van der Waals surface area contributed by atoms with Gasteiger partial charge in [-0.3, -0.25) is 4.79 Å². The van der Waals surface area contributed by atoms with E-state index in [-0.39, 0.29) is 12.3 Å². The average Bonchev–Trinajstić information content (AvgIpc) is 2.33. The Kier molecular flexibility index (Phi) is 3.46. The zero-order valence-corrected chi connectivity index (χ0v) is 9.35. The highest BCUT2D eigenvalue weighted by Crippen LogP contribution is 2.02. The summed E-state index contributed by atoms with van der Waals surface area (Å²) in [6, 6.07) is 0. The molecule has 1 saturated heterocycles. The summed E-state index contributed by atoms with van der Waals surface area (Å²) in [7, 11) is 0. The van der Waals surface area contributed by atoms with Crippen LogP contribution in [-0.4, -0.2) is 47.1 Å². The molecule has 0 radical (unpaired) electrons. The van der Waals surface area contributed by atoms with E-state index in [0.29, 0.717) is 32.1 Å². The van der Waals surface area contributed by atoms with E-state index < -0.39 is 0 Å². The van der Waals surface area contributed by atoms with Gasteiger partial charge in [0.1, 0.15) is 5.82 Å². The summed E-state index contributed by atoms with van der Waals surface area (Å²) < 4.78 is 5.19. The molecule has 1 aliphatic heterocycles. The van der Waals surface area contributed by atoms with Crippen molar-refractivity contribution in [3.63, 3.8) is 0 Å². The molecule has 2 heterocycles. The number of hydrogen-bond acceptors (Lipinski definition) is 4. The van der Waals surface area contributed by atoms with Gasteiger partial charge in [-0.05, 0) is 12.5 Å². The summed E-state index contributed by atoms with van der Waals surface area (Å²) in [6.45, 7) is 4.52. The lowest BCUT2D eigenvalue weighted by molar-refractivity contribution is -0.134. The van der Waals surface area contributed by atoms with Gasteiger partial charge < -0.3 is 9.64 Å². The van der Waals surface area contributed by atoms with Gasteiger partial charge in [-0.15, -0.1) is 0 Å². The maximum absolute atomic E-state index is 11.8. The van der Waals surface area contributed by atoms with Gasteiger partial charge in [-0.25, -0.2) is 9.97 Å². The van der Waals surface area contributed by atoms with Gasteiger partial charge in [0.15, 0.2) is 0 Å². The van der Waals surface area contributed by atoms with Gasteiger partial charge >= 0.3 is 0 Å². The second-order valence-electron chi connectivity index (χ2n) is 3.85. The number of carbonyl (C=O) groups excluding carboxylic acids is 1. The second-order valence-corrected chi connectivity index (χ2v) is 3.85. The Morgan fingerprint density at radius 3 is 2.62 bits per heavy atom. The molecule has 1 amide bonds. The van der Waals surface area contributed by atoms with Gasteiger partial charge in [-0.2, -0.15) is 0 Å². The first kappa shape index (κ1) is 11.0. The van der Waals surface area contributed by atoms with Crippen molar-refractivity contribution in [3.05, 3.63) is 23.8 Å². The Morgan fingerprint density at radius 1 is 1.38 bits per heavy atom. The van der Waals surface area contributed by atoms with Crippen LogP contribution in [0.1, 0.15) is 11.4 Å². The Balaban J connectivity index is 1.93. The number of rotatable bonds is 2. The molecule has 1 aromatic rings. The minimum Gasteiger partial charge on any atom is -0.378 e. The minimum absolute atomic E-state index is 0.0761. The van der Waals surface area contributed by atoms with E-state index in [1.165, 1.54) is 0 Å². The molecule has 0 unspecified atom stereocenters. The van der Waals surface area contributed by atoms with E-state index in [1.54, 1.807) is 17.3 Å². The minimum atomic E-state index is 0.0761. The first-order chi connectivity index (χ1) is 7.75. The predicted octanol–water partition coefficient (Wildman–Crippen LogP) is 0.186. The second kappa shape index (κ2) is 5.03. The molecule has 0 spiro atoms. The predicted molar refractivity (Wildman–Crippen MR) is 57.9 cm³/mol. The molecular weight excluding hydrogens is 206 g/mol. The van der Waals surface area contributed by atoms with E-state index >= 15 is 0 Å². The molecule has 0 N–H and O–H groups in total. The topological polar surface area (TPSA) is 55.3 Å². The van der Waals surface area contributed by atoms with Gasteiger partial charge in [-0.1, -0.05) is 0 Å². The fourth-order valence-corrected chi connectivity index (χ4v) is 1.57. The van der Waals surface area contributed by atoms with Gasteiger partial charge in [0.2, 0.25) is 5.91 Å². The van der Waals surface area contributed by atoms with E-state index in [9.17, 15) is 4.79 Å². The summed E-state index contributed by atoms with van der Waals surface area (Å²) in [5.74, 6) is 0.661. The first-order valence-corrected chi connectivity index (χ1v) is 5.39. The van der Waals surface area contributed by atoms with Crippen LogP contribution in [0.3, 0.4) is 0 Å². The number of nitrogens with zero attached hydrogens (tertiary/aromatic N) is 3. The maximum Gasteiger partial charge on any atom is 0.230 e. The summed E-state index contributed by atoms with van der Waals surface area (Å²) in [4.78, 5) is 21.9. The average molecular weight is 221 g/mol. The fraction of sp³-hybridized carbons (Fsp3) is 0.545. The van der Waals surface area contributed by atoms with Crippen molar-refractivity contribution < 1.29 is 9.53 Å². The van der Waals surface area contributed by atoms with E-state index in [2.05, 4.69) is 9.97 Å². The number of morpholine rings is 1. The van der Waals surface area contributed by atoms with Gasteiger partial charge in [0.05, 0.1) is 19.6 Å². The largest absolute Gasteiger partial charge is 0.378 e. The van der Waals surface area contributed by atoms with Crippen LogP contribution in [0, 0.1) is 6.92 Å². The molecule has 5 nitrogen and oxygen atoms in total. The van der Waals surface area contributed by atoms with Crippen LogP contribution in [-0.2, 0) is 16.0 Å². The Hall–Kier alpha value is -1.49. The quantitative estimate of drug-likeness (QED) is 0.715. The lowest BCUT2D eigenvalue weighted by atomic mass is 10.3. The highest BCUT2D eigenvalue weighted by molar-refractivity contribution is 5.78. The third-order valence-electron chi connectivity index (χ3n) is 2.51. The molecule has 2 rings (SSSR count). The number of hydrogen-bond donors (Lipinski definition) is 0. The standard InChI is InChI=1S/C11H15N3O2/c1-9-7-12-10(13-8-9)6-11(15)14-2-4-16-5-3-14/h7-8H,2-6H2,1H3. The molecule has 1 aliphatic rings. The number of amides is 1. The highest BCUT2D eigenvalue weighted by atomic mass is 16.5. The van der Waals surface area contributed by atoms with Crippen LogP contribution < -0.4 is 0 Å². The fourth-order valence-electron chi connectivity index (χ4n) is 1.57. The van der Waals surface area contributed by atoms with Gasteiger partial charge in [0.25, 0.3) is 0 Å². The number of carbonyl (C=O) groups is 1. The Morgan fingerprint density at radius 2 is 2.00 bits per heavy atom. The van der Waals surface area contributed by atoms with E-state index in [1.807, 2.05) is 6.92 Å². The highest BCUT2D eigenvalue weighted by Gasteiger charge is 2.17. The number of ether oxygens (including phenoxy) is 1. The molecular formula is C11H15N3O2. The van der Waals surface area contributed by atoms with Crippen LogP contribution in [0.25, 0.3) is 0 Å². The molecule has 0 bridgehead atoms. The molecule has 0 aliphatic carbocycles. The third-order valence-corrected chi connectivity index (χ3v) is 2.51. The van der Waals surface area contributed by atoms with Crippen molar-refractivity contribution in [2.75, 3.05) is 26.3 Å². The van der Waals surface area contributed by atoms with Crippen molar-refractivity contribution in [2.45, 2.75) is 13.3 Å². The van der Waals surface area contributed by atoms with E-state index in [4.69, 9.17) is 4.74 Å². The lowest BCUT2D eigenvalue weighted by Gasteiger charge is -2.26. The number of aryl methyl sites for hydroxylation is 1. The zero-order chi connectivity index (χ0) is 11.4. The zero-order valence-electron chi connectivity index (χ0n) is 9.35. The Bertz CT molecular complexity index is 358. The smallest absolute Gasteiger partial charge is 0.230 e.